The fourth-order valence-electron chi connectivity index (χ4n) is 1.19. The van der Waals surface area contributed by atoms with Gasteiger partial charge in [-0.1, -0.05) is 37.3 Å². The molecule has 0 heterocycles. The van der Waals surface area contributed by atoms with Crippen LogP contribution in [0.4, 0.5) is 0 Å². The number of hydrogen-bond acceptors (Lipinski definition) is 2. The molecular formula is C12H13NS. The topological polar surface area (TPSA) is 23.8 Å². The fraction of sp³-hybridized carbons (Fsp3) is 0.250. The highest BCUT2D eigenvalue weighted by atomic mass is 32.2. The summed E-state index contributed by atoms with van der Waals surface area (Å²) in [5.41, 5.74) is 2.20. The van der Waals surface area contributed by atoms with Crippen molar-refractivity contribution < 1.29 is 0 Å². The van der Waals surface area contributed by atoms with Crippen LogP contribution in [0.3, 0.4) is 0 Å². The third-order valence-electron chi connectivity index (χ3n) is 1.94. The Morgan fingerprint density at radius 1 is 1.36 bits per heavy atom. The smallest absolute Gasteiger partial charge is 0.106 e. The first-order valence-corrected chi connectivity index (χ1v) is 5.57. The van der Waals surface area contributed by atoms with Gasteiger partial charge in [0.15, 0.2) is 0 Å². The van der Waals surface area contributed by atoms with E-state index in [1.165, 1.54) is 0 Å². The average Bonchev–Trinajstić information content (AvgIpc) is 2.26. The predicted molar refractivity (Wildman–Crippen MR) is 62.8 cm³/mol. The van der Waals surface area contributed by atoms with Crippen LogP contribution in [0.5, 0.6) is 0 Å². The molecule has 0 radical (unpaired) electrons. The van der Waals surface area contributed by atoms with Gasteiger partial charge in [0.2, 0.25) is 0 Å². The van der Waals surface area contributed by atoms with E-state index in [2.05, 4.69) is 13.0 Å². The molecule has 0 aliphatic carbocycles. The molecule has 0 N–H and O–H groups in total. The van der Waals surface area contributed by atoms with Crippen molar-refractivity contribution in [1.82, 2.24) is 0 Å². The number of thioether (sulfide) groups is 1. The van der Waals surface area contributed by atoms with E-state index in [9.17, 15) is 0 Å². The SMILES string of the molecule is CCS/C(C#N)=C(/C)c1ccccc1. The minimum atomic E-state index is 0.818. The molecule has 1 nitrogen and oxygen atoms in total. The highest BCUT2D eigenvalue weighted by Crippen LogP contribution is 2.25. The van der Waals surface area contributed by atoms with Gasteiger partial charge < -0.3 is 0 Å². The zero-order valence-electron chi connectivity index (χ0n) is 8.45. The molecule has 0 aliphatic heterocycles. The van der Waals surface area contributed by atoms with Crippen molar-refractivity contribution >= 4 is 17.3 Å². The maximum Gasteiger partial charge on any atom is 0.106 e. The first-order valence-electron chi connectivity index (χ1n) is 4.58. The van der Waals surface area contributed by atoms with Gasteiger partial charge in [-0.05, 0) is 23.8 Å². The Hall–Kier alpha value is -1.20. The summed E-state index contributed by atoms with van der Waals surface area (Å²) >= 11 is 1.60. The Bertz CT molecular complexity index is 360. The molecule has 0 aliphatic rings. The first-order chi connectivity index (χ1) is 6.79. The standard InChI is InChI=1S/C12H13NS/c1-3-14-12(9-13)10(2)11-7-5-4-6-8-11/h4-8H,3H2,1-2H3/b12-10-. The van der Waals surface area contributed by atoms with Crippen LogP contribution in [0.2, 0.25) is 0 Å². The number of allylic oxidation sites excluding steroid dienone is 2. The molecule has 0 spiro atoms. The van der Waals surface area contributed by atoms with Gasteiger partial charge >= 0.3 is 0 Å². The van der Waals surface area contributed by atoms with Crippen LogP contribution in [0.25, 0.3) is 5.57 Å². The van der Waals surface area contributed by atoms with Crippen LogP contribution in [0.1, 0.15) is 19.4 Å². The van der Waals surface area contributed by atoms with E-state index in [0.717, 1.165) is 21.8 Å². The van der Waals surface area contributed by atoms with Gasteiger partial charge in [0.25, 0.3) is 0 Å². The van der Waals surface area contributed by atoms with Crippen molar-refractivity contribution in [2.24, 2.45) is 0 Å². The van der Waals surface area contributed by atoms with Crippen LogP contribution in [-0.2, 0) is 0 Å². The molecule has 1 aromatic carbocycles. The Morgan fingerprint density at radius 3 is 2.50 bits per heavy atom. The van der Waals surface area contributed by atoms with Gasteiger partial charge in [-0.25, -0.2) is 0 Å². The van der Waals surface area contributed by atoms with E-state index in [-0.39, 0.29) is 0 Å². The van der Waals surface area contributed by atoms with E-state index in [1.807, 2.05) is 37.3 Å². The Balaban J connectivity index is 3.03. The van der Waals surface area contributed by atoms with Crippen molar-refractivity contribution in [3.05, 3.63) is 40.8 Å². The molecule has 0 saturated heterocycles. The normalized spacial score (nSPS) is 11.8. The van der Waals surface area contributed by atoms with E-state index in [0.29, 0.717) is 0 Å². The largest absolute Gasteiger partial charge is 0.192 e. The average molecular weight is 203 g/mol. The number of nitrogens with zero attached hydrogens (tertiary/aromatic N) is 1. The summed E-state index contributed by atoms with van der Waals surface area (Å²) in [6, 6.07) is 12.3. The zero-order chi connectivity index (χ0) is 10.4. The van der Waals surface area contributed by atoms with Crippen molar-refractivity contribution in [3.63, 3.8) is 0 Å². The third-order valence-corrected chi connectivity index (χ3v) is 2.91. The molecule has 14 heavy (non-hydrogen) atoms. The van der Waals surface area contributed by atoms with Gasteiger partial charge in [-0.15, -0.1) is 11.8 Å². The van der Waals surface area contributed by atoms with Crippen molar-refractivity contribution in [2.45, 2.75) is 13.8 Å². The molecule has 0 saturated carbocycles. The molecule has 72 valence electrons. The summed E-state index contributed by atoms with van der Waals surface area (Å²) in [5.74, 6) is 0.938. The van der Waals surface area contributed by atoms with E-state index in [4.69, 9.17) is 5.26 Å². The number of benzene rings is 1. The predicted octanol–water partition coefficient (Wildman–Crippen LogP) is 3.69. The minimum absolute atomic E-state index is 0.818. The van der Waals surface area contributed by atoms with Gasteiger partial charge in [0.05, 0.1) is 4.91 Å². The van der Waals surface area contributed by atoms with Crippen LogP contribution in [0.15, 0.2) is 35.2 Å². The third kappa shape index (κ3) is 2.65. The number of hydrogen-bond donors (Lipinski definition) is 0. The second kappa shape index (κ2) is 5.51. The lowest BCUT2D eigenvalue weighted by molar-refractivity contribution is 1.49. The summed E-state index contributed by atoms with van der Waals surface area (Å²) in [6.07, 6.45) is 0. The lowest BCUT2D eigenvalue weighted by Crippen LogP contribution is -1.83. The van der Waals surface area contributed by atoms with Gasteiger partial charge in [-0.2, -0.15) is 5.26 Å². The molecule has 1 aromatic rings. The molecule has 0 unspecified atom stereocenters. The molecule has 1 rings (SSSR count). The highest BCUT2D eigenvalue weighted by molar-refractivity contribution is 8.03. The molecular weight excluding hydrogens is 190 g/mol. The Labute approximate surface area is 89.4 Å². The zero-order valence-corrected chi connectivity index (χ0v) is 9.27. The van der Waals surface area contributed by atoms with Crippen molar-refractivity contribution in [2.75, 3.05) is 5.75 Å². The first kappa shape index (κ1) is 10.9. The lowest BCUT2D eigenvalue weighted by Gasteiger charge is -2.03. The number of rotatable bonds is 3. The molecule has 2 heteroatoms. The molecule has 0 aromatic heterocycles. The van der Waals surface area contributed by atoms with Crippen LogP contribution in [-0.4, -0.2) is 5.75 Å². The summed E-state index contributed by atoms with van der Waals surface area (Å²) < 4.78 is 0. The van der Waals surface area contributed by atoms with Crippen LogP contribution in [0, 0.1) is 11.3 Å². The van der Waals surface area contributed by atoms with Gasteiger partial charge in [0.1, 0.15) is 6.07 Å². The molecule has 0 amide bonds. The summed E-state index contributed by atoms with van der Waals surface area (Å²) in [4.78, 5) is 0.818. The van der Waals surface area contributed by atoms with E-state index >= 15 is 0 Å². The van der Waals surface area contributed by atoms with Crippen molar-refractivity contribution in [3.8, 4) is 6.07 Å². The summed E-state index contributed by atoms with van der Waals surface area (Å²) in [5, 5.41) is 8.96. The molecule has 0 atom stereocenters. The molecule has 0 bridgehead atoms. The minimum Gasteiger partial charge on any atom is -0.192 e. The summed E-state index contributed by atoms with van der Waals surface area (Å²) in [6.45, 7) is 4.05. The Morgan fingerprint density at radius 2 is 2.00 bits per heavy atom. The summed E-state index contributed by atoms with van der Waals surface area (Å²) in [7, 11) is 0. The quantitative estimate of drug-likeness (QED) is 0.699. The monoisotopic (exact) mass is 203 g/mol. The number of nitriles is 1. The maximum atomic E-state index is 8.96. The Kier molecular flexibility index (Phi) is 4.28. The van der Waals surface area contributed by atoms with Gasteiger partial charge in [-0.3, -0.25) is 0 Å². The second-order valence-electron chi connectivity index (χ2n) is 2.86. The fourth-order valence-corrected chi connectivity index (χ4v) is 1.88. The lowest BCUT2D eigenvalue weighted by atomic mass is 10.1. The van der Waals surface area contributed by atoms with Gasteiger partial charge in [0, 0.05) is 0 Å². The van der Waals surface area contributed by atoms with Crippen LogP contribution >= 0.6 is 11.8 Å². The second-order valence-corrected chi connectivity index (χ2v) is 4.14. The van der Waals surface area contributed by atoms with E-state index in [1.54, 1.807) is 11.8 Å². The maximum absolute atomic E-state index is 8.96. The van der Waals surface area contributed by atoms with Crippen LogP contribution < -0.4 is 0 Å². The van der Waals surface area contributed by atoms with Crippen molar-refractivity contribution in [1.29, 1.82) is 5.26 Å². The van der Waals surface area contributed by atoms with E-state index < -0.39 is 0 Å². The molecule has 0 fully saturated rings. The highest BCUT2D eigenvalue weighted by Gasteiger charge is 2.03.